The number of aromatic nitrogens is 4. The van der Waals surface area contributed by atoms with E-state index in [0.29, 0.717) is 23.4 Å². The van der Waals surface area contributed by atoms with Crippen LogP contribution in [0.2, 0.25) is 0 Å². The van der Waals surface area contributed by atoms with E-state index in [4.69, 9.17) is 4.98 Å². The minimum atomic E-state index is -4.69. The Hall–Kier alpha value is -4.54. The lowest BCUT2D eigenvalue weighted by Crippen LogP contribution is -2.50. The summed E-state index contributed by atoms with van der Waals surface area (Å²) in [5, 5.41) is 25.2. The van der Waals surface area contributed by atoms with Gasteiger partial charge in [0.05, 0.1) is 26.5 Å². The molecular formula is C31H31F3N8O4S. The van der Waals surface area contributed by atoms with Crippen LogP contribution >= 0.6 is 11.3 Å². The molecule has 0 saturated carbocycles. The average molecular weight is 669 g/mol. The van der Waals surface area contributed by atoms with Crippen LogP contribution in [0.3, 0.4) is 0 Å². The molecule has 2 fully saturated rings. The average Bonchev–Trinajstić information content (AvgIpc) is 3.44. The number of amides is 4. The number of anilines is 2. The van der Waals surface area contributed by atoms with E-state index in [1.807, 2.05) is 6.07 Å². The van der Waals surface area contributed by atoms with Crippen molar-refractivity contribution in [1.82, 2.24) is 30.4 Å². The fraction of sp³-hybridized carbons (Fsp3) is 0.387. The second-order valence-electron chi connectivity index (χ2n) is 12.0. The van der Waals surface area contributed by atoms with E-state index in [0.717, 1.165) is 53.5 Å². The number of nitrogens with one attached hydrogen (secondary N) is 2. The fourth-order valence-corrected chi connectivity index (χ4v) is 6.77. The summed E-state index contributed by atoms with van der Waals surface area (Å²) in [6.45, 7) is 5.54. The number of urea groups is 1. The summed E-state index contributed by atoms with van der Waals surface area (Å²) in [6, 6.07) is 9.55. The number of carbonyl (C=O) groups is 3. The second-order valence-corrected chi connectivity index (χ2v) is 13.1. The first kappa shape index (κ1) is 32.4. The molecule has 5 heterocycles. The van der Waals surface area contributed by atoms with Crippen LogP contribution in [0.15, 0.2) is 42.5 Å². The summed E-state index contributed by atoms with van der Waals surface area (Å²) in [5.41, 5.74) is -0.897. The Morgan fingerprint density at radius 3 is 2.49 bits per heavy atom. The molecular weight excluding hydrogens is 637 g/mol. The number of fused-ring (bicyclic) bond motifs is 1. The smallest absolute Gasteiger partial charge is 0.386 e. The van der Waals surface area contributed by atoms with Crippen LogP contribution in [-0.4, -0.2) is 67.7 Å². The quantitative estimate of drug-likeness (QED) is 0.252. The van der Waals surface area contributed by atoms with Crippen LogP contribution in [0.4, 0.5) is 29.5 Å². The number of imide groups is 1. The third-order valence-electron chi connectivity index (χ3n) is 8.08. The van der Waals surface area contributed by atoms with Gasteiger partial charge in [0.1, 0.15) is 11.4 Å². The molecule has 2 aliphatic rings. The van der Waals surface area contributed by atoms with Gasteiger partial charge in [-0.2, -0.15) is 18.3 Å². The summed E-state index contributed by atoms with van der Waals surface area (Å²) >= 11 is 1.48. The maximum atomic E-state index is 13.2. The first-order valence-corrected chi connectivity index (χ1v) is 15.8. The number of nitrogens with zero attached hydrogens (tertiary/aromatic N) is 6. The van der Waals surface area contributed by atoms with Crippen molar-refractivity contribution in [2.24, 2.45) is 0 Å². The normalized spacial score (nSPS) is 16.9. The molecule has 12 nitrogen and oxygen atoms in total. The van der Waals surface area contributed by atoms with Crippen LogP contribution in [0.5, 0.6) is 0 Å². The van der Waals surface area contributed by atoms with E-state index in [9.17, 15) is 32.7 Å². The molecule has 0 unspecified atom stereocenters. The number of hydrogen-bond donors (Lipinski definition) is 3. The van der Waals surface area contributed by atoms with E-state index >= 15 is 0 Å². The first-order valence-electron chi connectivity index (χ1n) is 14.9. The Kier molecular flexibility index (Phi) is 8.67. The third-order valence-corrected chi connectivity index (χ3v) is 9.26. The Labute approximate surface area is 271 Å². The van der Waals surface area contributed by atoms with Crippen molar-refractivity contribution in [3.05, 3.63) is 70.1 Å². The van der Waals surface area contributed by atoms with E-state index in [1.165, 1.54) is 22.3 Å². The molecule has 47 heavy (non-hydrogen) atoms. The molecule has 4 aromatic rings. The zero-order valence-electron chi connectivity index (χ0n) is 25.5. The molecule has 3 aromatic heterocycles. The molecule has 0 spiro atoms. The van der Waals surface area contributed by atoms with Gasteiger partial charge in [-0.3, -0.25) is 24.7 Å². The summed E-state index contributed by atoms with van der Waals surface area (Å²) < 4.78 is 40.2. The number of thiazole rings is 1. The molecule has 16 heteroatoms. The molecule has 2 aliphatic heterocycles. The van der Waals surface area contributed by atoms with Gasteiger partial charge in [-0.15, -0.1) is 16.4 Å². The van der Waals surface area contributed by atoms with Gasteiger partial charge >= 0.3 is 12.2 Å². The highest BCUT2D eigenvalue weighted by atomic mass is 32.1. The van der Waals surface area contributed by atoms with Crippen LogP contribution in [0, 0.1) is 0 Å². The molecule has 0 aliphatic carbocycles. The van der Waals surface area contributed by atoms with Crippen LogP contribution in [0.25, 0.3) is 10.2 Å². The van der Waals surface area contributed by atoms with Crippen molar-refractivity contribution < 1.29 is 32.7 Å². The van der Waals surface area contributed by atoms with Crippen LogP contribution in [0.1, 0.15) is 71.5 Å². The molecule has 0 atom stereocenters. The number of benzene rings is 1. The lowest BCUT2D eigenvalue weighted by Gasteiger charge is -2.30. The monoisotopic (exact) mass is 668 g/mol. The SMILES string of the molecule is CC(C)(O)c1cc2nc(C3CCN(Cc4ccc(N5CCC(=O)NC5=O)nn4)CC3)sc2cc1NC(=O)c1cccc(C(F)(F)F)n1. The standard InChI is InChI=1S/C31H31F3N8O4S/c1-30(2,46)19-14-22-23(15-21(19)36-27(44)20-4-3-5-24(35-20)31(32,33)34)47-28(37-22)17-8-11-41(12-9-17)16-18-6-7-25(40-39-18)42-13-10-26(43)38-29(42)45/h3-7,14-15,17,46H,8-13,16H2,1-2H3,(H,36,44)(H,38,43,45). The predicted octanol–water partition coefficient (Wildman–Crippen LogP) is 4.81. The lowest BCUT2D eigenvalue weighted by atomic mass is 9.95. The highest BCUT2D eigenvalue weighted by molar-refractivity contribution is 7.18. The number of hydrogen-bond acceptors (Lipinski definition) is 10. The number of carbonyl (C=O) groups excluding carboxylic acids is 3. The molecule has 246 valence electrons. The Balaban J connectivity index is 1.12. The molecule has 2 saturated heterocycles. The summed E-state index contributed by atoms with van der Waals surface area (Å²) in [5.74, 6) is -0.565. The number of alkyl halides is 3. The van der Waals surface area contributed by atoms with Gasteiger partial charge in [0.15, 0.2) is 5.82 Å². The number of halogens is 3. The highest BCUT2D eigenvalue weighted by Crippen LogP contribution is 2.39. The number of piperidine rings is 1. The van der Waals surface area contributed by atoms with Crippen molar-refractivity contribution >= 4 is 50.9 Å². The maximum Gasteiger partial charge on any atom is 0.433 e. The van der Waals surface area contributed by atoms with Gasteiger partial charge in [-0.1, -0.05) is 6.07 Å². The van der Waals surface area contributed by atoms with E-state index in [1.54, 1.807) is 32.0 Å². The number of rotatable bonds is 7. The van der Waals surface area contributed by atoms with E-state index < -0.39 is 35.1 Å². The van der Waals surface area contributed by atoms with Gasteiger partial charge in [0.25, 0.3) is 5.91 Å². The summed E-state index contributed by atoms with van der Waals surface area (Å²) in [6.07, 6.45) is -2.80. The maximum absolute atomic E-state index is 13.2. The van der Waals surface area contributed by atoms with Gasteiger partial charge in [0.2, 0.25) is 5.91 Å². The molecule has 0 bridgehead atoms. The van der Waals surface area contributed by atoms with Crippen LogP contribution in [-0.2, 0) is 23.1 Å². The molecule has 6 rings (SSSR count). The van der Waals surface area contributed by atoms with Gasteiger partial charge in [-0.25, -0.2) is 14.8 Å². The summed E-state index contributed by atoms with van der Waals surface area (Å²) in [4.78, 5) is 48.4. The first-order chi connectivity index (χ1) is 22.2. The number of pyridine rings is 1. The Morgan fingerprint density at radius 2 is 1.83 bits per heavy atom. The van der Waals surface area contributed by atoms with E-state index in [2.05, 4.69) is 30.7 Å². The zero-order valence-corrected chi connectivity index (χ0v) is 26.3. The van der Waals surface area contributed by atoms with Gasteiger partial charge in [-0.05, 0) is 76.2 Å². The second kappa shape index (κ2) is 12.6. The fourth-order valence-electron chi connectivity index (χ4n) is 5.61. The highest BCUT2D eigenvalue weighted by Gasteiger charge is 2.33. The van der Waals surface area contributed by atoms with Crippen molar-refractivity contribution in [3.8, 4) is 0 Å². The topological polar surface area (TPSA) is 154 Å². The molecule has 4 amide bonds. The molecule has 1 aromatic carbocycles. The van der Waals surface area contributed by atoms with Crippen molar-refractivity contribution in [2.45, 2.75) is 57.3 Å². The largest absolute Gasteiger partial charge is 0.433 e. The van der Waals surface area contributed by atoms with E-state index in [-0.39, 0.29) is 30.5 Å². The summed E-state index contributed by atoms with van der Waals surface area (Å²) in [7, 11) is 0. The van der Waals surface area contributed by atoms with Crippen molar-refractivity contribution in [2.75, 3.05) is 29.9 Å². The van der Waals surface area contributed by atoms with Crippen molar-refractivity contribution in [3.63, 3.8) is 0 Å². The molecule has 3 N–H and O–H groups in total. The third kappa shape index (κ3) is 7.24. The predicted molar refractivity (Wildman–Crippen MR) is 167 cm³/mol. The van der Waals surface area contributed by atoms with Gasteiger partial charge < -0.3 is 10.4 Å². The number of aliphatic hydroxyl groups is 1. The molecule has 0 radical (unpaired) electrons. The Morgan fingerprint density at radius 1 is 1.06 bits per heavy atom. The van der Waals surface area contributed by atoms with Gasteiger partial charge in [0, 0.05) is 36.7 Å². The zero-order chi connectivity index (χ0) is 33.5. The van der Waals surface area contributed by atoms with Crippen molar-refractivity contribution in [1.29, 1.82) is 0 Å². The lowest BCUT2D eigenvalue weighted by molar-refractivity contribution is -0.141. The minimum Gasteiger partial charge on any atom is -0.386 e. The number of likely N-dealkylation sites (tertiary alicyclic amines) is 1. The Bertz CT molecular complexity index is 1830. The minimum absolute atomic E-state index is 0.190. The van der Waals surface area contributed by atoms with Crippen LogP contribution < -0.4 is 15.5 Å².